The van der Waals surface area contributed by atoms with E-state index in [1.165, 1.54) is 4.21 Å². The second kappa shape index (κ2) is 3.78. The largest absolute Gasteiger partial charge is 0.348 e. The first-order valence-electron chi connectivity index (χ1n) is 3.60. The van der Waals surface area contributed by atoms with Gasteiger partial charge in [-0.3, -0.25) is 0 Å². The zero-order valence-corrected chi connectivity index (χ0v) is 7.99. The van der Waals surface area contributed by atoms with Crippen molar-refractivity contribution in [3.05, 3.63) is 35.7 Å². The summed E-state index contributed by atoms with van der Waals surface area (Å²) in [4.78, 5) is 7.22. The number of H-pyrrole nitrogens is 1. The molecule has 2 aromatic heterocycles. The van der Waals surface area contributed by atoms with Gasteiger partial charge in [0.2, 0.25) is 0 Å². The average molecular weight is 196 g/mol. The van der Waals surface area contributed by atoms with Crippen molar-refractivity contribution in [2.45, 2.75) is 9.96 Å². The Bertz CT molecular complexity index is 278. The van der Waals surface area contributed by atoms with Crippen molar-refractivity contribution in [1.82, 2.24) is 9.97 Å². The van der Waals surface area contributed by atoms with Crippen molar-refractivity contribution in [2.24, 2.45) is 0 Å². The van der Waals surface area contributed by atoms with E-state index in [1.807, 2.05) is 18.0 Å². The number of aromatic nitrogens is 2. The molecule has 0 aliphatic rings. The standard InChI is InChI=1S/C8H8N2S2/c1-2-8(11-5-1)12-6-7-9-3-4-10-7/h1-5H,6H2,(H,9,10). The maximum Gasteiger partial charge on any atom is 0.116 e. The molecule has 0 aliphatic heterocycles. The monoisotopic (exact) mass is 196 g/mol. The minimum atomic E-state index is 0.924. The molecule has 1 N–H and O–H groups in total. The van der Waals surface area contributed by atoms with E-state index in [4.69, 9.17) is 0 Å². The van der Waals surface area contributed by atoms with Crippen LogP contribution < -0.4 is 0 Å². The molecule has 0 unspecified atom stereocenters. The highest BCUT2D eigenvalue weighted by Gasteiger charge is 1.97. The van der Waals surface area contributed by atoms with Crippen LogP contribution in [0, 0.1) is 0 Å². The summed E-state index contributed by atoms with van der Waals surface area (Å²) in [6.07, 6.45) is 3.63. The first-order chi connectivity index (χ1) is 5.95. The first kappa shape index (κ1) is 7.89. The average Bonchev–Trinajstić information content (AvgIpc) is 2.74. The van der Waals surface area contributed by atoms with Gasteiger partial charge >= 0.3 is 0 Å². The number of thioether (sulfide) groups is 1. The van der Waals surface area contributed by atoms with Crippen molar-refractivity contribution in [1.29, 1.82) is 0 Å². The minimum Gasteiger partial charge on any atom is -0.348 e. The zero-order valence-electron chi connectivity index (χ0n) is 6.36. The number of aromatic amines is 1. The molecule has 0 spiro atoms. The molecule has 0 amide bonds. The molecule has 2 heterocycles. The van der Waals surface area contributed by atoms with Crippen molar-refractivity contribution in [2.75, 3.05) is 0 Å². The van der Waals surface area contributed by atoms with Gasteiger partial charge in [-0.05, 0) is 11.4 Å². The smallest absolute Gasteiger partial charge is 0.116 e. The zero-order chi connectivity index (χ0) is 8.23. The maximum atomic E-state index is 4.14. The summed E-state index contributed by atoms with van der Waals surface area (Å²) in [6, 6.07) is 4.19. The quantitative estimate of drug-likeness (QED) is 0.765. The Labute approximate surface area is 79.0 Å². The molecule has 12 heavy (non-hydrogen) atoms. The lowest BCUT2D eigenvalue weighted by Gasteiger charge is -1.92. The van der Waals surface area contributed by atoms with Crippen LogP contribution in [0.3, 0.4) is 0 Å². The second-order valence-electron chi connectivity index (χ2n) is 2.26. The number of hydrogen-bond donors (Lipinski definition) is 1. The Balaban J connectivity index is 1.91. The lowest BCUT2D eigenvalue weighted by molar-refractivity contribution is 1.12. The molecule has 0 radical (unpaired) electrons. The molecule has 0 bridgehead atoms. The minimum absolute atomic E-state index is 0.924. The van der Waals surface area contributed by atoms with E-state index in [0.29, 0.717) is 0 Å². The third-order valence-electron chi connectivity index (χ3n) is 1.40. The number of thiophene rings is 1. The van der Waals surface area contributed by atoms with Crippen molar-refractivity contribution in [3.63, 3.8) is 0 Å². The summed E-state index contributed by atoms with van der Waals surface area (Å²) < 4.78 is 1.34. The van der Waals surface area contributed by atoms with E-state index < -0.39 is 0 Å². The van der Waals surface area contributed by atoms with Crippen LogP contribution in [0.1, 0.15) is 5.82 Å². The number of hydrogen-bond acceptors (Lipinski definition) is 3. The second-order valence-corrected chi connectivity index (χ2v) is 4.48. The highest BCUT2D eigenvalue weighted by molar-refractivity contribution is 8.00. The third-order valence-corrected chi connectivity index (χ3v) is 3.54. The third kappa shape index (κ3) is 1.89. The van der Waals surface area contributed by atoms with Gasteiger partial charge in [0, 0.05) is 12.4 Å². The Hall–Kier alpha value is -0.740. The highest BCUT2D eigenvalue weighted by Crippen LogP contribution is 2.25. The van der Waals surface area contributed by atoms with Crippen LogP contribution in [0.2, 0.25) is 0 Å². The molecular formula is C8H8N2S2. The SMILES string of the molecule is c1csc(SCc2ncc[nH]2)c1. The Morgan fingerprint density at radius 1 is 1.58 bits per heavy atom. The van der Waals surface area contributed by atoms with Gasteiger partial charge in [-0.15, -0.1) is 23.1 Å². The molecule has 0 fully saturated rings. The van der Waals surface area contributed by atoms with Crippen LogP contribution in [-0.2, 0) is 5.75 Å². The van der Waals surface area contributed by atoms with Crippen molar-refractivity contribution < 1.29 is 0 Å². The highest BCUT2D eigenvalue weighted by atomic mass is 32.2. The van der Waals surface area contributed by atoms with Gasteiger partial charge in [0.25, 0.3) is 0 Å². The van der Waals surface area contributed by atoms with Crippen molar-refractivity contribution >= 4 is 23.1 Å². The molecule has 4 heteroatoms. The Kier molecular flexibility index (Phi) is 2.48. The van der Waals surface area contributed by atoms with Gasteiger partial charge in [-0.2, -0.15) is 0 Å². The van der Waals surface area contributed by atoms with Gasteiger partial charge in [0.05, 0.1) is 9.96 Å². The van der Waals surface area contributed by atoms with Gasteiger partial charge in [0.15, 0.2) is 0 Å². The normalized spacial score (nSPS) is 10.3. The van der Waals surface area contributed by atoms with Crippen molar-refractivity contribution in [3.8, 4) is 0 Å². The van der Waals surface area contributed by atoms with Gasteiger partial charge < -0.3 is 4.98 Å². The molecule has 0 aliphatic carbocycles. The lowest BCUT2D eigenvalue weighted by atomic mass is 10.7. The van der Waals surface area contributed by atoms with E-state index in [9.17, 15) is 0 Å². The lowest BCUT2D eigenvalue weighted by Crippen LogP contribution is -1.80. The van der Waals surface area contributed by atoms with Gasteiger partial charge in [0.1, 0.15) is 5.82 Å². The predicted molar refractivity (Wildman–Crippen MR) is 52.5 cm³/mol. The molecule has 62 valence electrons. The Morgan fingerprint density at radius 2 is 2.58 bits per heavy atom. The Morgan fingerprint density at radius 3 is 3.25 bits per heavy atom. The molecule has 0 aromatic carbocycles. The fraction of sp³-hybridized carbons (Fsp3) is 0.125. The van der Waals surface area contributed by atoms with Crippen LogP contribution in [0.4, 0.5) is 0 Å². The van der Waals surface area contributed by atoms with Crippen LogP contribution >= 0.6 is 23.1 Å². The fourth-order valence-corrected chi connectivity index (χ4v) is 2.54. The molecule has 0 atom stereocenters. The van der Waals surface area contributed by atoms with Crippen LogP contribution in [0.25, 0.3) is 0 Å². The van der Waals surface area contributed by atoms with Crippen LogP contribution in [-0.4, -0.2) is 9.97 Å². The fourth-order valence-electron chi connectivity index (χ4n) is 0.862. The van der Waals surface area contributed by atoms with E-state index in [2.05, 4.69) is 27.5 Å². The van der Waals surface area contributed by atoms with E-state index in [0.717, 1.165) is 11.6 Å². The number of rotatable bonds is 3. The molecular weight excluding hydrogens is 188 g/mol. The summed E-state index contributed by atoms with van der Waals surface area (Å²) in [5, 5.41) is 2.09. The number of imidazole rings is 1. The van der Waals surface area contributed by atoms with Gasteiger partial charge in [-0.1, -0.05) is 6.07 Å². The summed E-state index contributed by atoms with van der Waals surface area (Å²) in [5.41, 5.74) is 0. The van der Waals surface area contributed by atoms with Gasteiger partial charge in [-0.25, -0.2) is 4.98 Å². The summed E-state index contributed by atoms with van der Waals surface area (Å²) in [7, 11) is 0. The molecule has 2 aromatic rings. The number of nitrogens with one attached hydrogen (secondary N) is 1. The summed E-state index contributed by atoms with van der Waals surface area (Å²) >= 11 is 3.58. The molecule has 0 saturated heterocycles. The summed E-state index contributed by atoms with van der Waals surface area (Å²) in [6.45, 7) is 0. The first-order valence-corrected chi connectivity index (χ1v) is 5.46. The number of nitrogens with zero attached hydrogens (tertiary/aromatic N) is 1. The van der Waals surface area contributed by atoms with E-state index >= 15 is 0 Å². The van der Waals surface area contributed by atoms with E-state index in [1.54, 1.807) is 17.5 Å². The predicted octanol–water partition coefficient (Wildman–Crippen LogP) is 2.76. The topological polar surface area (TPSA) is 28.7 Å². The van der Waals surface area contributed by atoms with E-state index in [-0.39, 0.29) is 0 Å². The van der Waals surface area contributed by atoms with Crippen LogP contribution in [0.5, 0.6) is 0 Å². The molecule has 2 nitrogen and oxygen atoms in total. The molecule has 2 rings (SSSR count). The van der Waals surface area contributed by atoms with Crippen LogP contribution in [0.15, 0.2) is 34.1 Å². The summed E-state index contributed by atoms with van der Waals surface area (Å²) in [5.74, 6) is 1.96. The maximum absolute atomic E-state index is 4.14. The molecule has 0 saturated carbocycles.